The van der Waals surface area contributed by atoms with Gasteiger partial charge in [0.25, 0.3) is 5.91 Å². The quantitative estimate of drug-likeness (QED) is 0.114. The number of hydrogen-bond acceptors (Lipinski definition) is 7. The van der Waals surface area contributed by atoms with Gasteiger partial charge in [-0.25, -0.2) is 4.79 Å². The van der Waals surface area contributed by atoms with Gasteiger partial charge in [0.15, 0.2) is 0 Å². The molecule has 5 rings (SSSR count). The maximum absolute atomic E-state index is 13.5. The molecule has 5 aromatic rings. The molecule has 0 unspecified atom stereocenters. The number of ether oxygens (including phenoxy) is 2. The molecular formula is C36H29F3N2O8. The Kier molecular flexibility index (Phi) is 10.0. The third kappa shape index (κ3) is 8.63. The van der Waals surface area contributed by atoms with Crippen LogP contribution in [0.2, 0.25) is 0 Å². The van der Waals surface area contributed by atoms with Gasteiger partial charge >= 0.3 is 18.1 Å². The lowest BCUT2D eigenvalue weighted by Crippen LogP contribution is -2.35. The standard InChI is InChI=1S/C36H29F3N2O8/c1-21-15-26-16-25(8-14-31(26)48-21)35(46)49-28-11-3-22(4-12-28)19-41(20-33(43)44)34(45)23-5-9-27(10-6-23)40-32(42)17-24-7-13-29(47-2)18-30(24)36(37,38)39/h3-16,18H,17,19-20H2,1-2H3,(H,40,42)(H,43,44). The summed E-state index contributed by atoms with van der Waals surface area (Å²) in [6.07, 6.45) is -5.26. The first-order valence-corrected chi connectivity index (χ1v) is 14.8. The molecule has 13 heteroatoms. The number of carbonyl (C=O) groups excluding carboxylic acids is 3. The Bertz CT molecular complexity index is 2020. The van der Waals surface area contributed by atoms with Crippen LogP contribution in [0.5, 0.6) is 11.5 Å². The van der Waals surface area contributed by atoms with Crippen molar-refractivity contribution in [2.24, 2.45) is 0 Å². The van der Waals surface area contributed by atoms with Gasteiger partial charge in [0, 0.05) is 23.2 Å². The van der Waals surface area contributed by atoms with Crippen LogP contribution in [0.25, 0.3) is 11.0 Å². The third-order valence-corrected chi connectivity index (χ3v) is 7.38. The molecule has 0 atom stereocenters. The van der Waals surface area contributed by atoms with E-state index in [4.69, 9.17) is 13.9 Å². The van der Waals surface area contributed by atoms with Gasteiger partial charge in [-0.3, -0.25) is 14.4 Å². The predicted octanol–water partition coefficient (Wildman–Crippen LogP) is 6.90. The van der Waals surface area contributed by atoms with Crippen LogP contribution in [-0.4, -0.2) is 47.4 Å². The molecule has 0 aliphatic carbocycles. The van der Waals surface area contributed by atoms with Crippen molar-refractivity contribution in [1.82, 2.24) is 4.90 Å². The Balaban J connectivity index is 1.21. The van der Waals surface area contributed by atoms with Crippen molar-refractivity contribution in [3.8, 4) is 11.5 Å². The Morgan fingerprint density at radius 2 is 1.53 bits per heavy atom. The lowest BCUT2D eigenvalue weighted by atomic mass is 10.0. The Hall–Kier alpha value is -6.11. The highest BCUT2D eigenvalue weighted by atomic mass is 19.4. The van der Waals surface area contributed by atoms with Gasteiger partial charge in [0.2, 0.25) is 5.91 Å². The summed E-state index contributed by atoms with van der Waals surface area (Å²) < 4.78 is 56.4. The number of carboxylic acid groups (broad SMARTS) is 1. The van der Waals surface area contributed by atoms with Crippen molar-refractivity contribution in [3.05, 3.63) is 125 Å². The number of alkyl halides is 3. The second-order valence-corrected chi connectivity index (χ2v) is 11.0. The van der Waals surface area contributed by atoms with E-state index in [1.165, 1.54) is 55.6 Å². The number of esters is 1. The average molecular weight is 675 g/mol. The zero-order valence-corrected chi connectivity index (χ0v) is 26.2. The number of aryl methyl sites for hydroxylation is 1. The molecule has 0 saturated carbocycles. The topological polar surface area (TPSA) is 135 Å². The second-order valence-electron chi connectivity index (χ2n) is 11.0. The fourth-order valence-corrected chi connectivity index (χ4v) is 5.07. The first-order chi connectivity index (χ1) is 23.3. The van der Waals surface area contributed by atoms with Crippen molar-refractivity contribution in [2.45, 2.75) is 26.1 Å². The number of nitrogens with zero attached hydrogens (tertiary/aromatic N) is 1. The lowest BCUT2D eigenvalue weighted by Gasteiger charge is -2.21. The van der Waals surface area contributed by atoms with Crippen LogP contribution in [-0.2, 0) is 28.7 Å². The monoisotopic (exact) mass is 674 g/mol. The van der Waals surface area contributed by atoms with Crippen LogP contribution in [0.4, 0.5) is 18.9 Å². The van der Waals surface area contributed by atoms with E-state index in [2.05, 4.69) is 5.32 Å². The molecule has 4 aromatic carbocycles. The summed E-state index contributed by atoms with van der Waals surface area (Å²) in [5, 5.41) is 12.7. The number of carboxylic acids is 1. The zero-order chi connectivity index (χ0) is 35.3. The first kappa shape index (κ1) is 34.2. The van der Waals surface area contributed by atoms with Crippen LogP contribution >= 0.6 is 0 Å². The minimum absolute atomic E-state index is 0.00187. The molecule has 0 aliphatic rings. The summed E-state index contributed by atoms with van der Waals surface area (Å²) in [6, 6.07) is 21.8. The van der Waals surface area contributed by atoms with Gasteiger partial charge in [-0.15, -0.1) is 0 Å². The highest BCUT2D eigenvalue weighted by Crippen LogP contribution is 2.35. The number of fused-ring (bicyclic) bond motifs is 1. The van der Waals surface area contributed by atoms with E-state index >= 15 is 0 Å². The fourth-order valence-electron chi connectivity index (χ4n) is 5.07. The Labute approximate surface area is 277 Å². The van der Waals surface area contributed by atoms with Crippen LogP contribution < -0.4 is 14.8 Å². The van der Waals surface area contributed by atoms with Crippen LogP contribution in [0.1, 0.15) is 43.2 Å². The predicted molar refractivity (Wildman–Crippen MR) is 171 cm³/mol. The highest BCUT2D eigenvalue weighted by molar-refractivity contribution is 5.98. The minimum Gasteiger partial charge on any atom is -0.497 e. The van der Waals surface area contributed by atoms with E-state index in [-0.39, 0.29) is 34.9 Å². The van der Waals surface area contributed by atoms with Gasteiger partial charge in [0.1, 0.15) is 29.4 Å². The van der Waals surface area contributed by atoms with E-state index in [1.54, 1.807) is 43.3 Å². The lowest BCUT2D eigenvalue weighted by molar-refractivity contribution is -0.139. The van der Waals surface area contributed by atoms with Crippen molar-refractivity contribution >= 4 is 40.4 Å². The normalized spacial score (nSPS) is 11.2. The van der Waals surface area contributed by atoms with Crippen molar-refractivity contribution in [3.63, 3.8) is 0 Å². The number of hydrogen-bond donors (Lipinski definition) is 2. The molecule has 49 heavy (non-hydrogen) atoms. The number of rotatable bonds is 11. The molecule has 1 heterocycles. The van der Waals surface area contributed by atoms with E-state index in [0.717, 1.165) is 16.4 Å². The molecule has 0 spiro atoms. The number of carbonyl (C=O) groups is 4. The molecule has 0 fully saturated rings. The largest absolute Gasteiger partial charge is 0.497 e. The highest BCUT2D eigenvalue weighted by Gasteiger charge is 2.34. The molecule has 0 bridgehead atoms. The minimum atomic E-state index is -4.70. The number of halogens is 3. The maximum atomic E-state index is 13.5. The summed E-state index contributed by atoms with van der Waals surface area (Å²) in [5.74, 6) is -2.21. The van der Waals surface area contributed by atoms with E-state index < -0.39 is 48.5 Å². The van der Waals surface area contributed by atoms with E-state index in [0.29, 0.717) is 22.5 Å². The molecule has 10 nitrogen and oxygen atoms in total. The molecule has 0 radical (unpaired) electrons. The number of nitrogens with one attached hydrogen (secondary N) is 1. The molecule has 2 N–H and O–H groups in total. The van der Waals surface area contributed by atoms with E-state index in [1.807, 2.05) is 0 Å². The SMILES string of the molecule is COc1ccc(CC(=O)Nc2ccc(C(=O)N(CC(=O)O)Cc3ccc(OC(=O)c4ccc5oc(C)cc5c4)cc3)cc2)c(C(F)(F)F)c1. The molecule has 252 valence electrons. The smallest absolute Gasteiger partial charge is 0.416 e. The number of anilines is 1. The summed E-state index contributed by atoms with van der Waals surface area (Å²) >= 11 is 0. The van der Waals surface area contributed by atoms with E-state index in [9.17, 15) is 37.5 Å². The molecule has 1 aromatic heterocycles. The average Bonchev–Trinajstić information content (AvgIpc) is 3.44. The van der Waals surface area contributed by atoms with Crippen molar-refractivity contribution in [2.75, 3.05) is 19.0 Å². The second kappa shape index (κ2) is 14.3. The maximum Gasteiger partial charge on any atom is 0.416 e. The van der Waals surface area contributed by atoms with Gasteiger partial charge in [0.05, 0.1) is 24.7 Å². The third-order valence-electron chi connectivity index (χ3n) is 7.38. The van der Waals surface area contributed by atoms with Crippen LogP contribution in [0.15, 0.2) is 95.4 Å². The number of methoxy groups -OCH3 is 1. The number of furan rings is 1. The molecule has 0 saturated heterocycles. The molecular weight excluding hydrogens is 645 g/mol. The van der Waals surface area contributed by atoms with Crippen LogP contribution in [0.3, 0.4) is 0 Å². The first-order valence-electron chi connectivity index (χ1n) is 14.8. The van der Waals surface area contributed by atoms with Gasteiger partial charge in [-0.2, -0.15) is 13.2 Å². The van der Waals surface area contributed by atoms with Crippen molar-refractivity contribution < 1.29 is 51.3 Å². The Morgan fingerprint density at radius 3 is 2.18 bits per heavy atom. The summed E-state index contributed by atoms with van der Waals surface area (Å²) in [7, 11) is 1.24. The van der Waals surface area contributed by atoms with Gasteiger partial charge in [-0.05, 0) is 90.8 Å². The zero-order valence-electron chi connectivity index (χ0n) is 26.2. The van der Waals surface area contributed by atoms with Gasteiger partial charge < -0.3 is 29.2 Å². The molecule has 0 aliphatic heterocycles. The number of amides is 2. The van der Waals surface area contributed by atoms with Crippen molar-refractivity contribution in [1.29, 1.82) is 0 Å². The summed E-state index contributed by atoms with van der Waals surface area (Å²) in [4.78, 5) is 51.3. The Morgan fingerprint density at radius 1 is 0.857 bits per heavy atom. The number of benzene rings is 4. The molecule has 2 amide bonds. The summed E-state index contributed by atoms with van der Waals surface area (Å²) in [5.41, 5.74) is 0.640. The fraction of sp³-hybridized carbons (Fsp3) is 0.167. The summed E-state index contributed by atoms with van der Waals surface area (Å²) in [6.45, 7) is 1.10. The van der Waals surface area contributed by atoms with Crippen LogP contribution in [0, 0.1) is 6.92 Å². The van der Waals surface area contributed by atoms with Gasteiger partial charge in [-0.1, -0.05) is 18.2 Å². The number of aliphatic carboxylic acids is 1.